The summed E-state index contributed by atoms with van der Waals surface area (Å²) in [5.41, 5.74) is 3.74. The molecule has 11 heteroatoms. The SMILES string of the molecule is O=C(CCS(=O)(=O)c1ccccc1)Nc1ccc(CNc2cc(-c3ccccc3Cl)nc3c(Br)cnn23)cc1. The van der Waals surface area contributed by atoms with Crippen molar-refractivity contribution in [3.8, 4) is 11.3 Å². The lowest BCUT2D eigenvalue weighted by Crippen LogP contribution is -2.17. The van der Waals surface area contributed by atoms with Crippen molar-refractivity contribution < 1.29 is 13.2 Å². The van der Waals surface area contributed by atoms with Crippen LogP contribution in [0.15, 0.2) is 100 Å². The maximum absolute atomic E-state index is 12.4. The molecule has 39 heavy (non-hydrogen) atoms. The van der Waals surface area contributed by atoms with Gasteiger partial charge in [0.05, 0.1) is 27.0 Å². The van der Waals surface area contributed by atoms with Crippen LogP contribution in [0.2, 0.25) is 5.02 Å². The van der Waals surface area contributed by atoms with E-state index >= 15 is 0 Å². The summed E-state index contributed by atoms with van der Waals surface area (Å²) >= 11 is 9.92. The number of halogens is 2. The third-order valence-electron chi connectivity index (χ3n) is 5.99. The predicted octanol–water partition coefficient (Wildman–Crippen LogP) is 6.23. The number of nitrogens with one attached hydrogen (secondary N) is 2. The summed E-state index contributed by atoms with van der Waals surface area (Å²) in [6.45, 7) is 0.488. The summed E-state index contributed by atoms with van der Waals surface area (Å²) in [6, 6.07) is 24.9. The van der Waals surface area contributed by atoms with E-state index < -0.39 is 9.84 Å². The number of carbonyl (C=O) groups excluding carboxylic acids is 1. The highest BCUT2D eigenvalue weighted by molar-refractivity contribution is 9.10. The van der Waals surface area contributed by atoms with Crippen LogP contribution in [0.4, 0.5) is 11.5 Å². The molecular formula is C28H23BrClN5O3S. The fourth-order valence-electron chi connectivity index (χ4n) is 3.96. The smallest absolute Gasteiger partial charge is 0.225 e. The third kappa shape index (κ3) is 6.30. The number of fused-ring (bicyclic) bond motifs is 1. The number of rotatable bonds is 9. The van der Waals surface area contributed by atoms with Gasteiger partial charge in [0.1, 0.15) is 5.82 Å². The lowest BCUT2D eigenvalue weighted by Gasteiger charge is -2.12. The molecule has 5 aromatic rings. The van der Waals surface area contributed by atoms with Crippen molar-refractivity contribution in [1.82, 2.24) is 14.6 Å². The molecule has 5 rings (SSSR count). The fourth-order valence-corrected chi connectivity index (χ4v) is 5.81. The zero-order valence-corrected chi connectivity index (χ0v) is 23.7. The van der Waals surface area contributed by atoms with Gasteiger partial charge in [-0.1, -0.05) is 60.1 Å². The second kappa shape index (κ2) is 11.6. The molecule has 2 heterocycles. The molecule has 1 amide bonds. The van der Waals surface area contributed by atoms with Crippen molar-refractivity contribution in [3.05, 3.63) is 106 Å². The van der Waals surface area contributed by atoms with Crippen LogP contribution in [0.5, 0.6) is 0 Å². The van der Waals surface area contributed by atoms with Crippen molar-refractivity contribution in [2.45, 2.75) is 17.9 Å². The van der Waals surface area contributed by atoms with Crippen LogP contribution in [-0.4, -0.2) is 34.7 Å². The van der Waals surface area contributed by atoms with E-state index in [-0.39, 0.29) is 23.0 Å². The highest BCUT2D eigenvalue weighted by Gasteiger charge is 2.16. The molecule has 0 bridgehead atoms. The van der Waals surface area contributed by atoms with Crippen molar-refractivity contribution >= 4 is 60.4 Å². The second-order valence-corrected chi connectivity index (χ2v) is 12.1. The zero-order valence-electron chi connectivity index (χ0n) is 20.5. The van der Waals surface area contributed by atoms with Crippen LogP contribution in [-0.2, 0) is 21.2 Å². The maximum atomic E-state index is 12.4. The molecule has 0 radical (unpaired) electrons. The van der Waals surface area contributed by atoms with Gasteiger partial charge >= 0.3 is 0 Å². The summed E-state index contributed by atoms with van der Waals surface area (Å²) in [6.07, 6.45) is 1.55. The minimum atomic E-state index is -3.52. The molecule has 0 unspecified atom stereocenters. The molecule has 8 nitrogen and oxygen atoms in total. The van der Waals surface area contributed by atoms with Gasteiger partial charge in [-0.15, -0.1) is 0 Å². The molecule has 0 aliphatic carbocycles. The monoisotopic (exact) mass is 623 g/mol. The van der Waals surface area contributed by atoms with Gasteiger partial charge < -0.3 is 10.6 Å². The Hall–Kier alpha value is -3.73. The van der Waals surface area contributed by atoms with Gasteiger partial charge in [0.25, 0.3) is 0 Å². The largest absolute Gasteiger partial charge is 0.366 e. The van der Waals surface area contributed by atoms with Gasteiger partial charge in [0.15, 0.2) is 15.5 Å². The van der Waals surface area contributed by atoms with E-state index in [2.05, 4.69) is 31.7 Å². The Kier molecular flexibility index (Phi) is 7.97. The lowest BCUT2D eigenvalue weighted by atomic mass is 10.1. The molecule has 2 aromatic heterocycles. The van der Waals surface area contributed by atoms with Crippen LogP contribution in [0.1, 0.15) is 12.0 Å². The molecule has 198 valence electrons. The first kappa shape index (κ1) is 26.9. The van der Waals surface area contributed by atoms with Crippen molar-refractivity contribution in [2.24, 2.45) is 0 Å². The number of sulfone groups is 1. The van der Waals surface area contributed by atoms with Gasteiger partial charge in [-0.2, -0.15) is 9.61 Å². The molecule has 3 aromatic carbocycles. The van der Waals surface area contributed by atoms with E-state index in [0.717, 1.165) is 21.4 Å². The van der Waals surface area contributed by atoms with Crippen molar-refractivity contribution in [1.29, 1.82) is 0 Å². The third-order valence-corrected chi connectivity index (χ3v) is 8.61. The maximum Gasteiger partial charge on any atom is 0.225 e. The van der Waals surface area contributed by atoms with Crippen LogP contribution < -0.4 is 10.6 Å². The first-order chi connectivity index (χ1) is 18.8. The summed E-state index contributed by atoms with van der Waals surface area (Å²) in [7, 11) is -3.52. The number of hydrogen-bond acceptors (Lipinski definition) is 6. The highest BCUT2D eigenvalue weighted by atomic mass is 79.9. The van der Waals surface area contributed by atoms with Crippen LogP contribution in [0, 0.1) is 0 Å². The number of anilines is 2. The molecule has 0 aliphatic rings. The van der Waals surface area contributed by atoms with Crippen molar-refractivity contribution in [3.63, 3.8) is 0 Å². The number of nitrogens with zero attached hydrogens (tertiary/aromatic N) is 3. The zero-order chi connectivity index (χ0) is 27.4. The Balaban J connectivity index is 1.24. The summed E-state index contributed by atoms with van der Waals surface area (Å²) in [4.78, 5) is 17.3. The molecule has 0 spiro atoms. The Morgan fingerprint density at radius 2 is 1.69 bits per heavy atom. The van der Waals surface area contributed by atoms with Gasteiger partial charge in [-0.3, -0.25) is 4.79 Å². The van der Waals surface area contributed by atoms with E-state index in [1.165, 1.54) is 12.1 Å². The molecule has 0 fully saturated rings. The average molecular weight is 625 g/mol. The fraction of sp³-hybridized carbons (Fsp3) is 0.107. The summed E-state index contributed by atoms with van der Waals surface area (Å²) < 4.78 is 27.3. The predicted molar refractivity (Wildman–Crippen MR) is 157 cm³/mol. The highest BCUT2D eigenvalue weighted by Crippen LogP contribution is 2.30. The quantitative estimate of drug-likeness (QED) is 0.202. The summed E-state index contributed by atoms with van der Waals surface area (Å²) in [5, 5.41) is 11.2. The number of benzene rings is 3. The number of amides is 1. The van der Waals surface area contributed by atoms with E-state index in [9.17, 15) is 13.2 Å². The molecule has 2 N–H and O–H groups in total. The Bertz CT molecular complexity index is 1740. The first-order valence-corrected chi connectivity index (χ1v) is 14.8. The molecular weight excluding hydrogens is 602 g/mol. The molecule has 0 aliphatic heterocycles. The Morgan fingerprint density at radius 1 is 0.974 bits per heavy atom. The van der Waals surface area contributed by atoms with E-state index in [1.807, 2.05) is 42.5 Å². The normalized spacial score (nSPS) is 11.4. The minimum Gasteiger partial charge on any atom is -0.366 e. The van der Waals surface area contributed by atoms with Gasteiger partial charge in [0.2, 0.25) is 5.91 Å². The van der Waals surface area contributed by atoms with Crippen LogP contribution in [0.3, 0.4) is 0 Å². The van der Waals surface area contributed by atoms with Crippen LogP contribution >= 0.6 is 27.5 Å². The molecule has 0 saturated heterocycles. The number of carbonyl (C=O) groups is 1. The minimum absolute atomic E-state index is 0.133. The summed E-state index contributed by atoms with van der Waals surface area (Å²) in [5.74, 6) is 0.110. The second-order valence-electron chi connectivity index (χ2n) is 8.71. The average Bonchev–Trinajstić information content (AvgIpc) is 3.33. The Morgan fingerprint density at radius 3 is 2.44 bits per heavy atom. The standard InChI is InChI=1S/C28H23BrClN5O3S/c29-23-18-32-35-26(16-25(34-28(23)35)22-8-4-5-9-24(22)30)31-17-19-10-12-20(13-11-19)33-27(36)14-15-39(37,38)21-6-2-1-3-7-21/h1-13,16,18,31H,14-15,17H2,(H,33,36). The molecule has 0 atom stereocenters. The van der Waals surface area contributed by atoms with E-state index in [0.29, 0.717) is 28.6 Å². The Labute approximate surface area is 239 Å². The topological polar surface area (TPSA) is 105 Å². The first-order valence-electron chi connectivity index (χ1n) is 12.0. The molecule has 0 saturated carbocycles. The van der Waals surface area contributed by atoms with Gasteiger partial charge in [0, 0.05) is 35.3 Å². The number of hydrogen-bond donors (Lipinski definition) is 2. The van der Waals surface area contributed by atoms with E-state index in [1.54, 1.807) is 41.0 Å². The number of aromatic nitrogens is 3. The van der Waals surface area contributed by atoms with Crippen molar-refractivity contribution in [2.75, 3.05) is 16.4 Å². The van der Waals surface area contributed by atoms with Gasteiger partial charge in [-0.05, 0) is 51.8 Å². The van der Waals surface area contributed by atoms with Crippen LogP contribution in [0.25, 0.3) is 16.9 Å². The lowest BCUT2D eigenvalue weighted by molar-refractivity contribution is -0.115. The van der Waals surface area contributed by atoms with Gasteiger partial charge in [-0.25, -0.2) is 13.4 Å². The van der Waals surface area contributed by atoms with E-state index in [4.69, 9.17) is 16.6 Å².